The van der Waals surface area contributed by atoms with Gasteiger partial charge in [0, 0.05) is 22.7 Å². The molecule has 0 saturated carbocycles. The van der Waals surface area contributed by atoms with Crippen molar-refractivity contribution in [3.8, 4) is 10.6 Å². The van der Waals surface area contributed by atoms with Gasteiger partial charge in [0.1, 0.15) is 5.01 Å². The summed E-state index contributed by atoms with van der Waals surface area (Å²) in [4.78, 5) is 16.2. The minimum Gasteiger partial charge on any atom is -0.288 e. The van der Waals surface area contributed by atoms with E-state index in [0.717, 1.165) is 20.8 Å². The van der Waals surface area contributed by atoms with Crippen LogP contribution in [0, 0.1) is 0 Å². The van der Waals surface area contributed by atoms with Crippen LogP contribution in [0.3, 0.4) is 0 Å². The first-order chi connectivity index (χ1) is 10.3. The van der Waals surface area contributed by atoms with Gasteiger partial charge in [-0.3, -0.25) is 10.0 Å². The molecule has 104 valence electrons. The topological polar surface area (TPSA) is 62.2 Å². The molecule has 0 unspecified atom stereocenters. The minimum absolute atomic E-state index is 0.560. The SMILES string of the molecule is O=C(/C=C/c1cnc(-c2cccc3ccccc23)s1)NO. The number of nitrogens with one attached hydrogen (secondary N) is 1. The lowest BCUT2D eigenvalue weighted by Crippen LogP contribution is -2.14. The molecule has 4 nitrogen and oxygen atoms in total. The number of rotatable bonds is 3. The third-order valence-corrected chi connectivity index (χ3v) is 4.05. The van der Waals surface area contributed by atoms with Crippen LogP contribution in [-0.4, -0.2) is 16.1 Å². The van der Waals surface area contributed by atoms with E-state index in [4.69, 9.17) is 5.21 Å². The highest BCUT2D eigenvalue weighted by atomic mass is 32.1. The number of carbonyl (C=O) groups is 1. The maximum Gasteiger partial charge on any atom is 0.267 e. The second-order valence-electron chi connectivity index (χ2n) is 4.40. The van der Waals surface area contributed by atoms with Gasteiger partial charge >= 0.3 is 0 Å². The summed E-state index contributed by atoms with van der Waals surface area (Å²) < 4.78 is 0. The molecule has 0 aliphatic carbocycles. The molecule has 0 aliphatic rings. The van der Waals surface area contributed by atoms with E-state index in [2.05, 4.69) is 23.2 Å². The zero-order valence-corrected chi connectivity index (χ0v) is 11.8. The van der Waals surface area contributed by atoms with Crippen LogP contribution in [0.25, 0.3) is 27.4 Å². The third kappa shape index (κ3) is 2.84. The molecular formula is C16H12N2O2S. The summed E-state index contributed by atoms with van der Waals surface area (Å²) in [5.41, 5.74) is 2.63. The van der Waals surface area contributed by atoms with Crippen LogP contribution in [0.15, 0.2) is 54.7 Å². The number of hydroxylamine groups is 1. The number of hydrogen-bond donors (Lipinski definition) is 2. The van der Waals surface area contributed by atoms with E-state index in [0.29, 0.717) is 0 Å². The van der Waals surface area contributed by atoms with Gasteiger partial charge in [0.25, 0.3) is 5.91 Å². The van der Waals surface area contributed by atoms with Crippen molar-refractivity contribution in [3.05, 3.63) is 59.6 Å². The van der Waals surface area contributed by atoms with Crippen LogP contribution < -0.4 is 5.48 Å². The second kappa shape index (κ2) is 5.87. The van der Waals surface area contributed by atoms with Gasteiger partial charge in [0.15, 0.2) is 0 Å². The summed E-state index contributed by atoms with van der Waals surface area (Å²) in [6.07, 6.45) is 4.60. The Hall–Kier alpha value is -2.50. The molecule has 1 amide bonds. The highest BCUT2D eigenvalue weighted by Gasteiger charge is 2.07. The average Bonchev–Trinajstić information content (AvgIpc) is 3.00. The zero-order valence-electron chi connectivity index (χ0n) is 11.0. The molecular weight excluding hydrogens is 284 g/mol. The van der Waals surface area contributed by atoms with E-state index in [1.807, 2.05) is 24.3 Å². The second-order valence-corrected chi connectivity index (χ2v) is 5.47. The number of carbonyl (C=O) groups excluding carboxylic acids is 1. The van der Waals surface area contributed by atoms with Crippen LogP contribution >= 0.6 is 11.3 Å². The van der Waals surface area contributed by atoms with Crippen LogP contribution in [0.4, 0.5) is 0 Å². The first-order valence-corrected chi connectivity index (χ1v) is 7.16. The molecule has 0 spiro atoms. The molecule has 5 heteroatoms. The number of benzene rings is 2. The quantitative estimate of drug-likeness (QED) is 0.442. The van der Waals surface area contributed by atoms with Crippen LogP contribution in [0.1, 0.15) is 4.88 Å². The Kier molecular flexibility index (Phi) is 3.77. The number of nitrogens with zero attached hydrogens (tertiary/aromatic N) is 1. The smallest absolute Gasteiger partial charge is 0.267 e. The Morgan fingerprint density at radius 3 is 2.86 bits per heavy atom. The van der Waals surface area contributed by atoms with Gasteiger partial charge in [0.2, 0.25) is 0 Å². The van der Waals surface area contributed by atoms with E-state index in [-0.39, 0.29) is 0 Å². The van der Waals surface area contributed by atoms with Gasteiger partial charge in [-0.25, -0.2) is 10.5 Å². The first-order valence-electron chi connectivity index (χ1n) is 6.34. The molecule has 0 saturated heterocycles. The lowest BCUT2D eigenvalue weighted by molar-refractivity contribution is -0.124. The summed E-state index contributed by atoms with van der Waals surface area (Å²) in [5.74, 6) is -0.560. The average molecular weight is 296 g/mol. The van der Waals surface area contributed by atoms with E-state index < -0.39 is 5.91 Å². The van der Waals surface area contributed by atoms with Gasteiger partial charge < -0.3 is 0 Å². The predicted molar refractivity (Wildman–Crippen MR) is 84.0 cm³/mol. The standard InChI is InChI=1S/C16H12N2O2S/c19-15(18-20)9-8-12-10-17-16(21-12)14-7-3-5-11-4-1-2-6-13(11)14/h1-10,20H,(H,18,19)/b9-8+. The highest BCUT2D eigenvalue weighted by molar-refractivity contribution is 7.16. The predicted octanol–water partition coefficient (Wildman–Crippen LogP) is 3.48. The summed E-state index contributed by atoms with van der Waals surface area (Å²) in [5, 5.41) is 11.7. The Labute approximate surface area is 125 Å². The number of hydrogen-bond acceptors (Lipinski definition) is 4. The lowest BCUT2D eigenvalue weighted by atomic mass is 10.1. The Balaban J connectivity index is 1.99. The first kappa shape index (κ1) is 13.5. The summed E-state index contributed by atoms with van der Waals surface area (Å²) in [7, 11) is 0. The van der Waals surface area contributed by atoms with Crippen LogP contribution in [0.5, 0.6) is 0 Å². The lowest BCUT2D eigenvalue weighted by Gasteiger charge is -2.02. The van der Waals surface area contributed by atoms with Crippen molar-refractivity contribution in [3.63, 3.8) is 0 Å². The van der Waals surface area contributed by atoms with Gasteiger partial charge in [-0.15, -0.1) is 11.3 Å². The Morgan fingerprint density at radius 2 is 2.00 bits per heavy atom. The summed E-state index contributed by atoms with van der Waals surface area (Å²) in [6.45, 7) is 0. The van der Waals surface area contributed by atoms with Gasteiger partial charge in [-0.05, 0) is 16.8 Å². The molecule has 2 N–H and O–H groups in total. The molecule has 21 heavy (non-hydrogen) atoms. The highest BCUT2D eigenvalue weighted by Crippen LogP contribution is 2.31. The molecule has 0 radical (unpaired) electrons. The van der Waals surface area contributed by atoms with E-state index >= 15 is 0 Å². The molecule has 0 aliphatic heterocycles. The molecule has 1 heterocycles. The number of amides is 1. The molecule has 0 bridgehead atoms. The minimum atomic E-state index is -0.560. The van der Waals surface area contributed by atoms with Crippen molar-refractivity contribution in [2.24, 2.45) is 0 Å². The van der Waals surface area contributed by atoms with Gasteiger partial charge in [-0.1, -0.05) is 42.5 Å². The monoisotopic (exact) mass is 296 g/mol. The summed E-state index contributed by atoms with van der Waals surface area (Å²) >= 11 is 1.49. The molecule has 1 aromatic heterocycles. The fourth-order valence-electron chi connectivity index (χ4n) is 2.10. The number of thiazole rings is 1. The van der Waals surface area contributed by atoms with E-state index in [9.17, 15) is 4.79 Å². The van der Waals surface area contributed by atoms with E-state index in [1.165, 1.54) is 22.8 Å². The number of fused-ring (bicyclic) bond motifs is 1. The number of aromatic nitrogens is 1. The fourth-order valence-corrected chi connectivity index (χ4v) is 2.95. The molecule has 0 fully saturated rings. The van der Waals surface area contributed by atoms with Gasteiger partial charge in [-0.2, -0.15) is 0 Å². The Morgan fingerprint density at radius 1 is 1.19 bits per heavy atom. The molecule has 0 atom stereocenters. The molecule has 3 rings (SSSR count). The molecule has 3 aromatic rings. The maximum atomic E-state index is 11.0. The fraction of sp³-hybridized carbons (Fsp3) is 0. The Bertz CT molecular complexity index is 819. The van der Waals surface area contributed by atoms with Crippen LogP contribution in [-0.2, 0) is 4.79 Å². The van der Waals surface area contributed by atoms with Crippen molar-refractivity contribution in [2.45, 2.75) is 0 Å². The van der Waals surface area contributed by atoms with Crippen LogP contribution in [0.2, 0.25) is 0 Å². The zero-order chi connectivity index (χ0) is 14.7. The van der Waals surface area contributed by atoms with Gasteiger partial charge in [0.05, 0.1) is 0 Å². The van der Waals surface area contributed by atoms with Crippen molar-refractivity contribution in [2.75, 3.05) is 0 Å². The van der Waals surface area contributed by atoms with Crippen molar-refractivity contribution >= 4 is 34.1 Å². The normalized spacial score (nSPS) is 11.1. The largest absolute Gasteiger partial charge is 0.288 e. The molecule has 2 aromatic carbocycles. The summed E-state index contributed by atoms with van der Waals surface area (Å²) in [6, 6.07) is 14.3. The van der Waals surface area contributed by atoms with Crippen molar-refractivity contribution < 1.29 is 10.0 Å². The van der Waals surface area contributed by atoms with Crippen molar-refractivity contribution in [1.82, 2.24) is 10.5 Å². The van der Waals surface area contributed by atoms with E-state index in [1.54, 1.807) is 17.8 Å². The third-order valence-electron chi connectivity index (χ3n) is 3.05. The maximum absolute atomic E-state index is 11.0. The van der Waals surface area contributed by atoms with Crippen molar-refractivity contribution in [1.29, 1.82) is 0 Å².